The van der Waals surface area contributed by atoms with Gasteiger partial charge in [-0.1, -0.05) is 35.3 Å². The highest BCUT2D eigenvalue weighted by Gasteiger charge is 2.24. The first-order chi connectivity index (χ1) is 11.2. The number of aliphatic imine (C=N–C) groups is 1. The Labute approximate surface area is 142 Å². The number of fused-ring (bicyclic) bond motifs is 1. The van der Waals surface area contributed by atoms with Crippen molar-refractivity contribution in [3.8, 4) is 0 Å². The van der Waals surface area contributed by atoms with Crippen LogP contribution in [0.15, 0.2) is 41.8 Å². The monoisotopic (exact) mass is 342 g/mol. The van der Waals surface area contributed by atoms with E-state index < -0.39 is 0 Å². The third-order valence-corrected chi connectivity index (χ3v) is 4.81. The van der Waals surface area contributed by atoms with Crippen molar-refractivity contribution in [2.24, 2.45) is 4.99 Å². The molecule has 114 valence electrons. The summed E-state index contributed by atoms with van der Waals surface area (Å²) < 4.78 is 0. The first-order valence-electron chi connectivity index (χ1n) is 7.14. The van der Waals surface area contributed by atoms with E-state index >= 15 is 0 Å². The van der Waals surface area contributed by atoms with Crippen LogP contribution in [0.4, 0.5) is 0 Å². The Kier molecular flexibility index (Phi) is 3.43. The highest BCUT2D eigenvalue weighted by molar-refractivity contribution is 6.45. The van der Waals surface area contributed by atoms with Crippen LogP contribution < -0.4 is 0 Å². The first kappa shape index (κ1) is 14.4. The summed E-state index contributed by atoms with van der Waals surface area (Å²) in [7, 11) is 0. The fourth-order valence-corrected chi connectivity index (χ4v) is 3.32. The molecule has 0 fully saturated rings. The van der Waals surface area contributed by atoms with Crippen LogP contribution in [0.25, 0.3) is 22.3 Å². The summed E-state index contributed by atoms with van der Waals surface area (Å²) in [6, 6.07) is 5.65. The Bertz CT molecular complexity index is 985. The van der Waals surface area contributed by atoms with Gasteiger partial charge < -0.3 is 4.98 Å². The van der Waals surface area contributed by atoms with Gasteiger partial charge in [-0.15, -0.1) is 0 Å². The number of nitrogens with one attached hydrogen (secondary N) is 1. The number of H-pyrrole nitrogens is 1. The minimum Gasteiger partial charge on any atom is -0.344 e. The van der Waals surface area contributed by atoms with Crippen molar-refractivity contribution in [2.45, 2.75) is 6.92 Å². The van der Waals surface area contributed by atoms with Crippen molar-refractivity contribution in [3.05, 3.63) is 58.0 Å². The van der Waals surface area contributed by atoms with Gasteiger partial charge in [-0.05, 0) is 18.6 Å². The molecule has 4 nitrogen and oxygen atoms in total. The standard InChI is InChI=1S/C17H12Cl2N4/c1-9-14(10-3-2-4-13(18)15(10)19)11(7-22-9)12-8-23-17-16(12)20-5-6-21-17/h2-6,8H,7H2,1H3,(H,21,23). The molecule has 0 bridgehead atoms. The Morgan fingerprint density at radius 2 is 1.91 bits per heavy atom. The molecular formula is C17H12Cl2N4. The van der Waals surface area contributed by atoms with E-state index in [2.05, 4.69) is 19.9 Å². The lowest BCUT2D eigenvalue weighted by molar-refractivity contribution is 1.26. The normalized spacial score (nSPS) is 14.7. The summed E-state index contributed by atoms with van der Waals surface area (Å²) in [5.74, 6) is 0. The number of allylic oxidation sites excluding steroid dienone is 1. The summed E-state index contributed by atoms with van der Waals surface area (Å²) in [6.07, 6.45) is 5.28. The van der Waals surface area contributed by atoms with E-state index in [1.807, 2.05) is 25.3 Å². The van der Waals surface area contributed by atoms with Gasteiger partial charge in [0, 0.05) is 41.0 Å². The Hall–Kier alpha value is -2.17. The molecule has 23 heavy (non-hydrogen) atoms. The van der Waals surface area contributed by atoms with Gasteiger partial charge >= 0.3 is 0 Å². The predicted molar refractivity (Wildman–Crippen MR) is 95.1 cm³/mol. The maximum Gasteiger partial charge on any atom is 0.156 e. The second kappa shape index (κ2) is 5.48. The molecule has 6 heteroatoms. The van der Waals surface area contributed by atoms with E-state index in [4.69, 9.17) is 23.2 Å². The van der Waals surface area contributed by atoms with Gasteiger partial charge in [0.05, 0.1) is 16.6 Å². The van der Waals surface area contributed by atoms with E-state index in [9.17, 15) is 0 Å². The molecule has 0 unspecified atom stereocenters. The predicted octanol–water partition coefficient (Wildman–Crippen LogP) is 4.65. The van der Waals surface area contributed by atoms with Crippen LogP contribution in [-0.4, -0.2) is 27.2 Å². The highest BCUT2D eigenvalue weighted by atomic mass is 35.5. The van der Waals surface area contributed by atoms with Crippen LogP contribution in [0.1, 0.15) is 18.1 Å². The summed E-state index contributed by atoms with van der Waals surface area (Å²) in [5.41, 5.74) is 6.54. The number of aromatic amines is 1. The summed E-state index contributed by atoms with van der Waals surface area (Å²) in [5, 5.41) is 1.08. The second-order valence-electron chi connectivity index (χ2n) is 5.31. The summed E-state index contributed by atoms with van der Waals surface area (Å²) in [4.78, 5) is 16.5. The topological polar surface area (TPSA) is 53.9 Å². The molecule has 2 aromatic heterocycles. The van der Waals surface area contributed by atoms with Gasteiger partial charge in [-0.2, -0.15) is 0 Å². The van der Waals surface area contributed by atoms with Gasteiger partial charge in [0.2, 0.25) is 0 Å². The van der Waals surface area contributed by atoms with Crippen molar-refractivity contribution in [1.29, 1.82) is 0 Å². The molecule has 0 amide bonds. The Balaban J connectivity index is 1.99. The van der Waals surface area contributed by atoms with E-state index in [1.165, 1.54) is 0 Å². The van der Waals surface area contributed by atoms with Crippen LogP contribution >= 0.6 is 23.2 Å². The van der Waals surface area contributed by atoms with Gasteiger partial charge in [0.1, 0.15) is 5.52 Å². The zero-order valence-electron chi connectivity index (χ0n) is 12.3. The van der Waals surface area contributed by atoms with E-state index in [-0.39, 0.29) is 0 Å². The number of benzene rings is 1. The molecule has 3 aromatic rings. The fourth-order valence-electron chi connectivity index (χ4n) is 2.93. The van der Waals surface area contributed by atoms with Gasteiger partial charge in [-0.25, -0.2) is 4.98 Å². The molecule has 4 rings (SSSR count). The maximum absolute atomic E-state index is 6.43. The summed E-state index contributed by atoms with van der Waals surface area (Å²) >= 11 is 12.6. The minimum absolute atomic E-state index is 0.537. The molecule has 0 radical (unpaired) electrons. The van der Waals surface area contributed by atoms with Crippen molar-refractivity contribution in [1.82, 2.24) is 15.0 Å². The van der Waals surface area contributed by atoms with Crippen LogP contribution in [-0.2, 0) is 0 Å². The molecule has 1 aromatic carbocycles. The van der Waals surface area contributed by atoms with Gasteiger partial charge in [-0.3, -0.25) is 9.98 Å². The average Bonchev–Trinajstić information content (AvgIpc) is 3.14. The molecule has 0 saturated carbocycles. The average molecular weight is 343 g/mol. The number of rotatable bonds is 2. The minimum atomic E-state index is 0.537. The Morgan fingerprint density at radius 3 is 2.78 bits per heavy atom. The zero-order valence-corrected chi connectivity index (χ0v) is 13.8. The van der Waals surface area contributed by atoms with Crippen molar-refractivity contribution >= 4 is 51.2 Å². The number of aromatic nitrogens is 3. The smallest absolute Gasteiger partial charge is 0.156 e. The molecule has 1 aliphatic heterocycles. The quantitative estimate of drug-likeness (QED) is 0.736. The fraction of sp³-hybridized carbons (Fsp3) is 0.118. The molecule has 1 N–H and O–H groups in total. The van der Waals surface area contributed by atoms with Crippen molar-refractivity contribution in [3.63, 3.8) is 0 Å². The maximum atomic E-state index is 6.43. The van der Waals surface area contributed by atoms with Crippen LogP contribution in [0.3, 0.4) is 0 Å². The van der Waals surface area contributed by atoms with Crippen LogP contribution in [0.2, 0.25) is 10.0 Å². The van der Waals surface area contributed by atoms with Gasteiger partial charge in [0.25, 0.3) is 0 Å². The first-order valence-corrected chi connectivity index (χ1v) is 7.90. The number of nitrogens with zero attached hydrogens (tertiary/aromatic N) is 3. The summed E-state index contributed by atoms with van der Waals surface area (Å²) in [6.45, 7) is 2.58. The zero-order chi connectivity index (χ0) is 16.0. The van der Waals surface area contributed by atoms with E-state index in [0.29, 0.717) is 16.6 Å². The molecule has 1 aliphatic rings. The Morgan fingerprint density at radius 1 is 1.09 bits per heavy atom. The lowest BCUT2D eigenvalue weighted by Crippen LogP contribution is -1.97. The molecule has 0 spiro atoms. The van der Waals surface area contributed by atoms with E-state index in [0.717, 1.165) is 39.1 Å². The SMILES string of the molecule is CC1=NCC(c2c[nH]c3nccnc23)=C1c1cccc(Cl)c1Cl. The highest BCUT2D eigenvalue weighted by Crippen LogP contribution is 2.39. The molecular weight excluding hydrogens is 331 g/mol. The molecule has 0 saturated heterocycles. The van der Waals surface area contributed by atoms with Crippen molar-refractivity contribution in [2.75, 3.05) is 6.54 Å². The van der Waals surface area contributed by atoms with E-state index in [1.54, 1.807) is 18.5 Å². The molecule has 0 aliphatic carbocycles. The number of hydrogen-bond donors (Lipinski definition) is 1. The van der Waals surface area contributed by atoms with Crippen molar-refractivity contribution < 1.29 is 0 Å². The number of hydrogen-bond acceptors (Lipinski definition) is 3. The van der Waals surface area contributed by atoms with Crippen LogP contribution in [0, 0.1) is 0 Å². The number of halogens is 2. The largest absolute Gasteiger partial charge is 0.344 e. The third-order valence-electron chi connectivity index (χ3n) is 3.99. The lowest BCUT2D eigenvalue weighted by atomic mass is 9.95. The molecule has 0 atom stereocenters. The van der Waals surface area contributed by atoms with Crippen LogP contribution in [0.5, 0.6) is 0 Å². The second-order valence-corrected chi connectivity index (χ2v) is 6.10. The van der Waals surface area contributed by atoms with Gasteiger partial charge in [0.15, 0.2) is 5.65 Å². The molecule has 3 heterocycles. The lowest BCUT2D eigenvalue weighted by Gasteiger charge is -2.10. The third kappa shape index (κ3) is 2.26.